The van der Waals surface area contributed by atoms with E-state index in [9.17, 15) is 13.2 Å². The van der Waals surface area contributed by atoms with Gasteiger partial charge in [-0.05, 0) is 49.2 Å². The molecule has 0 unspecified atom stereocenters. The fourth-order valence-electron chi connectivity index (χ4n) is 3.32. The minimum atomic E-state index is -3.46. The number of rotatable bonds is 6. The molecule has 29 heavy (non-hydrogen) atoms. The van der Waals surface area contributed by atoms with Gasteiger partial charge in [0.2, 0.25) is 10.0 Å². The SMILES string of the molecule is O=C(COc1cccc2cccnc12)Nc1ccc(S(=O)(=O)N2CCCC2)cc1. The Morgan fingerprint density at radius 1 is 1.03 bits per heavy atom. The third kappa shape index (κ3) is 4.23. The van der Waals surface area contributed by atoms with Crippen LogP contribution in [0.3, 0.4) is 0 Å². The summed E-state index contributed by atoms with van der Waals surface area (Å²) in [5, 5.41) is 3.65. The number of fused-ring (bicyclic) bond motifs is 1. The highest BCUT2D eigenvalue weighted by atomic mass is 32.2. The molecular weight excluding hydrogens is 390 g/mol. The summed E-state index contributed by atoms with van der Waals surface area (Å²) in [6.07, 6.45) is 3.45. The molecule has 1 N–H and O–H groups in total. The maximum atomic E-state index is 12.5. The van der Waals surface area contributed by atoms with Crippen molar-refractivity contribution < 1.29 is 17.9 Å². The van der Waals surface area contributed by atoms with E-state index in [1.165, 1.54) is 16.4 Å². The summed E-state index contributed by atoms with van der Waals surface area (Å²) in [5.41, 5.74) is 1.20. The zero-order valence-electron chi connectivity index (χ0n) is 15.7. The Balaban J connectivity index is 1.38. The lowest BCUT2D eigenvalue weighted by molar-refractivity contribution is -0.118. The lowest BCUT2D eigenvalue weighted by Crippen LogP contribution is -2.27. The number of nitrogens with zero attached hydrogens (tertiary/aromatic N) is 2. The second kappa shape index (κ2) is 8.18. The van der Waals surface area contributed by atoms with Crippen LogP contribution in [0.25, 0.3) is 10.9 Å². The van der Waals surface area contributed by atoms with Crippen LogP contribution >= 0.6 is 0 Å². The molecule has 0 atom stereocenters. The summed E-state index contributed by atoms with van der Waals surface area (Å²) in [5.74, 6) is 0.193. The molecule has 0 aliphatic carbocycles. The van der Waals surface area contributed by atoms with Gasteiger partial charge in [-0.15, -0.1) is 0 Å². The minimum Gasteiger partial charge on any atom is -0.481 e. The number of hydrogen-bond acceptors (Lipinski definition) is 5. The molecule has 1 amide bonds. The third-order valence-electron chi connectivity index (χ3n) is 4.80. The third-order valence-corrected chi connectivity index (χ3v) is 6.71. The number of amides is 1. The molecule has 1 fully saturated rings. The van der Waals surface area contributed by atoms with Crippen LogP contribution in [-0.4, -0.2) is 43.3 Å². The quantitative estimate of drug-likeness (QED) is 0.674. The molecule has 7 nitrogen and oxygen atoms in total. The highest BCUT2D eigenvalue weighted by Crippen LogP contribution is 2.24. The van der Waals surface area contributed by atoms with Gasteiger partial charge in [0.05, 0.1) is 4.90 Å². The minimum absolute atomic E-state index is 0.177. The molecule has 150 valence electrons. The van der Waals surface area contributed by atoms with Gasteiger partial charge in [0.15, 0.2) is 6.61 Å². The molecule has 1 aliphatic rings. The Bertz CT molecular complexity index is 1120. The second-order valence-corrected chi connectivity index (χ2v) is 8.74. The molecule has 0 spiro atoms. The van der Waals surface area contributed by atoms with Gasteiger partial charge in [-0.3, -0.25) is 9.78 Å². The predicted octanol–water partition coefficient (Wildman–Crippen LogP) is 3.04. The van der Waals surface area contributed by atoms with E-state index in [-0.39, 0.29) is 17.4 Å². The first-order chi connectivity index (χ1) is 14.0. The first-order valence-corrected chi connectivity index (χ1v) is 10.8. The normalized spacial score (nSPS) is 14.8. The van der Waals surface area contributed by atoms with E-state index in [1.54, 1.807) is 24.4 Å². The summed E-state index contributed by atoms with van der Waals surface area (Å²) >= 11 is 0. The van der Waals surface area contributed by atoms with Gasteiger partial charge < -0.3 is 10.1 Å². The number of sulfonamides is 1. The fourth-order valence-corrected chi connectivity index (χ4v) is 4.84. The molecule has 0 saturated carbocycles. The number of nitrogens with one attached hydrogen (secondary N) is 1. The van der Waals surface area contributed by atoms with Crippen molar-refractivity contribution in [1.29, 1.82) is 0 Å². The molecule has 0 bridgehead atoms. The summed E-state index contributed by atoms with van der Waals surface area (Å²) in [6, 6.07) is 15.5. The molecule has 1 aliphatic heterocycles. The van der Waals surface area contributed by atoms with E-state index in [4.69, 9.17) is 4.74 Å². The number of pyridine rings is 1. The van der Waals surface area contributed by atoms with Gasteiger partial charge in [-0.25, -0.2) is 8.42 Å². The van der Waals surface area contributed by atoms with Crippen molar-refractivity contribution in [3.63, 3.8) is 0 Å². The van der Waals surface area contributed by atoms with Gasteiger partial charge >= 0.3 is 0 Å². The topological polar surface area (TPSA) is 88.6 Å². The zero-order valence-corrected chi connectivity index (χ0v) is 16.6. The highest BCUT2D eigenvalue weighted by molar-refractivity contribution is 7.89. The van der Waals surface area contributed by atoms with Gasteiger partial charge in [-0.2, -0.15) is 4.31 Å². The van der Waals surface area contributed by atoms with Gasteiger partial charge in [0.1, 0.15) is 11.3 Å². The van der Waals surface area contributed by atoms with Crippen LogP contribution in [0.5, 0.6) is 5.75 Å². The van der Waals surface area contributed by atoms with Crippen molar-refractivity contribution in [3.8, 4) is 5.75 Å². The van der Waals surface area contributed by atoms with Gasteiger partial charge in [-0.1, -0.05) is 18.2 Å². The van der Waals surface area contributed by atoms with Crippen molar-refractivity contribution in [2.24, 2.45) is 0 Å². The number of para-hydroxylation sites is 1. The lowest BCUT2D eigenvalue weighted by atomic mass is 10.2. The Hall–Kier alpha value is -2.97. The van der Waals surface area contributed by atoms with E-state index in [1.807, 2.05) is 24.3 Å². The number of ether oxygens (including phenoxy) is 1. The first-order valence-electron chi connectivity index (χ1n) is 9.41. The zero-order chi connectivity index (χ0) is 20.3. The molecule has 4 rings (SSSR count). The Kier molecular flexibility index (Phi) is 5.46. The molecular formula is C21H21N3O4S. The van der Waals surface area contributed by atoms with Crippen molar-refractivity contribution >= 4 is 32.5 Å². The number of carbonyl (C=O) groups is 1. The number of aromatic nitrogens is 1. The van der Waals surface area contributed by atoms with Crippen LogP contribution in [0.2, 0.25) is 0 Å². The van der Waals surface area contributed by atoms with Crippen LogP contribution in [0, 0.1) is 0 Å². The number of anilines is 1. The van der Waals surface area contributed by atoms with E-state index in [2.05, 4.69) is 10.3 Å². The molecule has 2 aromatic carbocycles. The number of hydrogen-bond donors (Lipinski definition) is 1. The smallest absolute Gasteiger partial charge is 0.262 e. The van der Waals surface area contributed by atoms with Crippen molar-refractivity contribution in [2.45, 2.75) is 17.7 Å². The lowest BCUT2D eigenvalue weighted by Gasteiger charge is -2.15. The molecule has 2 heterocycles. The molecule has 1 aromatic heterocycles. The van der Waals surface area contributed by atoms with Crippen LogP contribution in [0.4, 0.5) is 5.69 Å². The Labute approximate surface area is 169 Å². The summed E-state index contributed by atoms with van der Waals surface area (Å²) in [7, 11) is -3.46. The van der Waals surface area contributed by atoms with E-state index >= 15 is 0 Å². The Morgan fingerprint density at radius 3 is 2.52 bits per heavy atom. The van der Waals surface area contributed by atoms with Gasteiger partial charge in [0, 0.05) is 30.4 Å². The monoisotopic (exact) mass is 411 g/mol. The number of benzene rings is 2. The van der Waals surface area contributed by atoms with Crippen LogP contribution in [-0.2, 0) is 14.8 Å². The maximum absolute atomic E-state index is 12.5. The second-order valence-electron chi connectivity index (χ2n) is 6.80. The van der Waals surface area contributed by atoms with E-state index in [0.717, 1.165) is 18.2 Å². The molecule has 1 saturated heterocycles. The average Bonchev–Trinajstić information content (AvgIpc) is 3.28. The Morgan fingerprint density at radius 2 is 1.76 bits per heavy atom. The average molecular weight is 411 g/mol. The first kappa shape index (κ1) is 19.4. The summed E-state index contributed by atoms with van der Waals surface area (Å²) in [4.78, 5) is 16.8. The number of carbonyl (C=O) groups excluding carboxylic acids is 1. The largest absolute Gasteiger partial charge is 0.481 e. The fraction of sp³-hybridized carbons (Fsp3) is 0.238. The molecule has 0 radical (unpaired) electrons. The van der Waals surface area contributed by atoms with Crippen molar-refractivity contribution in [1.82, 2.24) is 9.29 Å². The van der Waals surface area contributed by atoms with Gasteiger partial charge in [0.25, 0.3) is 5.91 Å². The van der Waals surface area contributed by atoms with E-state index < -0.39 is 10.0 Å². The van der Waals surface area contributed by atoms with Crippen molar-refractivity contribution in [3.05, 3.63) is 60.8 Å². The molecule has 8 heteroatoms. The summed E-state index contributed by atoms with van der Waals surface area (Å²) < 4.78 is 32.2. The van der Waals surface area contributed by atoms with E-state index in [0.29, 0.717) is 30.0 Å². The van der Waals surface area contributed by atoms with Crippen LogP contribution in [0.1, 0.15) is 12.8 Å². The molecule has 3 aromatic rings. The maximum Gasteiger partial charge on any atom is 0.262 e. The summed E-state index contributed by atoms with van der Waals surface area (Å²) in [6.45, 7) is 0.936. The standard InChI is InChI=1S/C21H21N3O4S/c25-20(15-28-19-7-3-5-16-6-4-12-22-21(16)19)23-17-8-10-18(11-9-17)29(26,27)24-13-1-2-14-24/h3-12H,1-2,13-15H2,(H,23,25). The van der Waals surface area contributed by atoms with Crippen molar-refractivity contribution in [2.75, 3.05) is 25.0 Å². The van der Waals surface area contributed by atoms with Crippen LogP contribution in [0.15, 0.2) is 65.7 Å². The predicted molar refractivity (Wildman–Crippen MR) is 110 cm³/mol. The highest BCUT2D eigenvalue weighted by Gasteiger charge is 2.26. The van der Waals surface area contributed by atoms with Crippen LogP contribution < -0.4 is 10.1 Å².